The van der Waals surface area contributed by atoms with Crippen LogP contribution in [-0.2, 0) is 9.84 Å². The fourth-order valence-corrected chi connectivity index (χ4v) is 1.28. The highest BCUT2D eigenvalue weighted by Gasteiger charge is 2.12. The zero-order valence-electron chi connectivity index (χ0n) is 5.95. The van der Waals surface area contributed by atoms with E-state index in [-0.39, 0.29) is 15.3 Å². The molecule has 0 unspecified atom stereocenters. The van der Waals surface area contributed by atoms with E-state index in [0.717, 1.165) is 12.5 Å². The fourth-order valence-electron chi connectivity index (χ4n) is 0.510. The Bertz CT molecular complexity index is 404. The SMILES string of the molecule is CS(=O)(=O)c1ncc(Cl)c(Cl)n1. The van der Waals surface area contributed by atoms with Crippen molar-refractivity contribution >= 4 is 33.0 Å². The Labute approximate surface area is 79.5 Å². The van der Waals surface area contributed by atoms with E-state index < -0.39 is 9.84 Å². The second kappa shape index (κ2) is 3.16. The number of nitrogens with zero attached hydrogens (tertiary/aromatic N) is 2. The molecule has 0 spiro atoms. The highest BCUT2D eigenvalue weighted by molar-refractivity contribution is 7.90. The highest BCUT2D eigenvalue weighted by atomic mass is 35.5. The van der Waals surface area contributed by atoms with Crippen LogP contribution in [0.2, 0.25) is 10.2 Å². The minimum Gasteiger partial charge on any atom is -0.225 e. The lowest BCUT2D eigenvalue weighted by Crippen LogP contribution is -2.03. The van der Waals surface area contributed by atoms with Gasteiger partial charge < -0.3 is 0 Å². The standard InChI is InChI=1S/C5H4Cl2N2O2S/c1-12(10,11)5-8-2-3(6)4(7)9-5/h2H,1H3. The summed E-state index contributed by atoms with van der Waals surface area (Å²) in [5.74, 6) is 0. The zero-order chi connectivity index (χ0) is 9.35. The first-order valence-electron chi connectivity index (χ1n) is 2.79. The van der Waals surface area contributed by atoms with Crippen molar-refractivity contribution < 1.29 is 8.42 Å². The summed E-state index contributed by atoms with van der Waals surface area (Å²) in [5, 5.41) is -0.256. The quantitative estimate of drug-likeness (QED) is 0.534. The van der Waals surface area contributed by atoms with Gasteiger partial charge in [0.25, 0.3) is 0 Å². The monoisotopic (exact) mass is 226 g/mol. The molecule has 0 bridgehead atoms. The second-order valence-electron chi connectivity index (χ2n) is 2.06. The number of halogens is 2. The van der Waals surface area contributed by atoms with E-state index in [2.05, 4.69) is 9.97 Å². The van der Waals surface area contributed by atoms with Gasteiger partial charge >= 0.3 is 0 Å². The third-order valence-corrected chi connectivity index (χ3v) is 2.53. The Morgan fingerprint density at radius 3 is 2.42 bits per heavy atom. The van der Waals surface area contributed by atoms with Gasteiger partial charge in [0, 0.05) is 6.26 Å². The Morgan fingerprint density at radius 2 is 2.00 bits per heavy atom. The molecule has 0 atom stereocenters. The van der Waals surface area contributed by atoms with Crippen molar-refractivity contribution in [3.8, 4) is 0 Å². The smallest absolute Gasteiger partial charge is 0.225 e. The molecule has 0 radical (unpaired) electrons. The topological polar surface area (TPSA) is 59.9 Å². The van der Waals surface area contributed by atoms with Crippen LogP contribution in [0.3, 0.4) is 0 Å². The van der Waals surface area contributed by atoms with Crippen LogP contribution in [0.25, 0.3) is 0 Å². The van der Waals surface area contributed by atoms with E-state index in [9.17, 15) is 8.42 Å². The summed E-state index contributed by atoms with van der Waals surface area (Å²) in [7, 11) is -3.41. The Kier molecular flexibility index (Phi) is 2.55. The maximum atomic E-state index is 10.9. The predicted molar refractivity (Wildman–Crippen MR) is 45.2 cm³/mol. The van der Waals surface area contributed by atoms with E-state index in [1.54, 1.807) is 0 Å². The van der Waals surface area contributed by atoms with Crippen LogP contribution >= 0.6 is 23.2 Å². The van der Waals surface area contributed by atoms with Gasteiger partial charge in [-0.15, -0.1) is 0 Å². The first kappa shape index (κ1) is 9.70. The zero-order valence-corrected chi connectivity index (χ0v) is 8.28. The van der Waals surface area contributed by atoms with Crippen molar-refractivity contribution in [2.24, 2.45) is 0 Å². The van der Waals surface area contributed by atoms with E-state index in [1.807, 2.05) is 0 Å². The third-order valence-electron chi connectivity index (χ3n) is 1.01. The Balaban J connectivity index is 3.33. The maximum Gasteiger partial charge on any atom is 0.248 e. The van der Waals surface area contributed by atoms with Crippen molar-refractivity contribution in [3.63, 3.8) is 0 Å². The summed E-state index contributed by atoms with van der Waals surface area (Å²) in [6, 6.07) is 0. The van der Waals surface area contributed by atoms with Crippen LogP contribution in [0.15, 0.2) is 11.4 Å². The van der Waals surface area contributed by atoms with Gasteiger partial charge in [-0.2, -0.15) is 0 Å². The van der Waals surface area contributed by atoms with Gasteiger partial charge in [0.15, 0.2) is 5.15 Å². The number of sulfone groups is 1. The van der Waals surface area contributed by atoms with Crippen LogP contribution < -0.4 is 0 Å². The minimum atomic E-state index is -3.41. The molecule has 1 heterocycles. The molecule has 0 amide bonds. The van der Waals surface area contributed by atoms with Gasteiger partial charge in [0.2, 0.25) is 15.0 Å². The Morgan fingerprint density at radius 1 is 1.42 bits per heavy atom. The van der Waals surface area contributed by atoms with Crippen LogP contribution in [0, 0.1) is 0 Å². The van der Waals surface area contributed by atoms with Gasteiger partial charge in [-0.25, -0.2) is 18.4 Å². The minimum absolute atomic E-state index is 0.0629. The summed E-state index contributed by atoms with van der Waals surface area (Å²) in [6.45, 7) is 0. The highest BCUT2D eigenvalue weighted by Crippen LogP contribution is 2.18. The van der Waals surface area contributed by atoms with Gasteiger partial charge in [-0.3, -0.25) is 0 Å². The molecule has 0 saturated carbocycles. The molecule has 7 heteroatoms. The predicted octanol–water partition coefficient (Wildman–Crippen LogP) is 1.19. The lowest BCUT2D eigenvalue weighted by Gasteiger charge is -1.97. The lowest BCUT2D eigenvalue weighted by atomic mass is 10.7. The van der Waals surface area contributed by atoms with Crippen LogP contribution in [0.5, 0.6) is 0 Å². The molecule has 1 aromatic rings. The van der Waals surface area contributed by atoms with Gasteiger partial charge in [-0.1, -0.05) is 23.2 Å². The molecule has 0 fully saturated rings. The van der Waals surface area contributed by atoms with Crippen molar-refractivity contribution in [1.29, 1.82) is 0 Å². The number of aromatic nitrogens is 2. The third kappa shape index (κ3) is 2.06. The largest absolute Gasteiger partial charge is 0.248 e. The molecule has 0 aliphatic carbocycles. The molecule has 0 aromatic carbocycles. The molecular formula is C5H4Cl2N2O2S. The fraction of sp³-hybridized carbons (Fsp3) is 0.200. The number of rotatable bonds is 1. The van der Waals surface area contributed by atoms with Crippen molar-refractivity contribution in [2.45, 2.75) is 5.16 Å². The van der Waals surface area contributed by atoms with Gasteiger partial charge in [0.1, 0.15) is 0 Å². The molecule has 1 aromatic heterocycles. The number of hydrogen-bond donors (Lipinski definition) is 0. The van der Waals surface area contributed by atoms with Gasteiger partial charge in [0.05, 0.1) is 11.2 Å². The second-order valence-corrected chi connectivity index (χ2v) is 4.74. The van der Waals surface area contributed by atoms with Crippen LogP contribution in [-0.4, -0.2) is 24.6 Å². The molecule has 1 rings (SSSR count). The summed E-state index contributed by atoms with van der Waals surface area (Å²) >= 11 is 11.0. The first-order valence-corrected chi connectivity index (χ1v) is 5.44. The summed E-state index contributed by atoms with van der Waals surface area (Å²) in [6.07, 6.45) is 2.14. The molecule has 12 heavy (non-hydrogen) atoms. The molecule has 0 N–H and O–H groups in total. The van der Waals surface area contributed by atoms with Crippen LogP contribution in [0.1, 0.15) is 0 Å². The Hall–Kier alpha value is -0.390. The van der Waals surface area contributed by atoms with E-state index in [0.29, 0.717) is 0 Å². The summed E-state index contributed by atoms with van der Waals surface area (Å²) < 4.78 is 21.7. The number of hydrogen-bond acceptors (Lipinski definition) is 4. The van der Waals surface area contributed by atoms with E-state index in [4.69, 9.17) is 23.2 Å². The average Bonchev–Trinajstić information content (AvgIpc) is 1.92. The normalized spacial score (nSPS) is 11.6. The molecule has 0 aliphatic heterocycles. The molecule has 0 saturated heterocycles. The van der Waals surface area contributed by atoms with Crippen molar-refractivity contribution in [1.82, 2.24) is 9.97 Å². The molecular weight excluding hydrogens is 223 g/mol. The van der Waals surface area contributed by atoms with Gasteiger partial charge in [-0.05, 0) is 0 Å². The van der Waals surface area contributed by atoms with Crippen LogP contribution in [0.4, 0.5) is 0 Å². The summed E-state index contributed by atoms with van der Waals surface area (Å²) in [4.78, 5) is 6.97. The van der Waals surface area contributed by atoms with E-state index in [1.165, 1.54) is 0 Å². The molecule has 0 aliphatic rings. The maximum absolute atomic E-state index is 10.9. The van der Waals surface area contributed by atoms with Crippen molar-refractivity contribution in [2.75, 3.05) is 6.26 Å². The average molecular weight is 227 g/mol. The molecule has 4 nitrogen and oxygen atoms in total. The van der Waals surface area contributed by atoms with E-state index >= 15 is 0 Å². The summed E-state index contributed by atoms with van der Waals surface area (Å²) in [5.41, 5.74) is 0. The first-order chi connectivity index (χ1) is 5.41. The van der Waals surface area contributed by atoms with Crippen molar-refractivity contribution in [3.05, 3.63) is 16.4 Å². The lowest BCUT2D eigenvalue weighted by molar-refractivity contribution is 0.593. The molecule has 66 valence electrons.